The summed E-state index contributed by atoms with van der Waals surface area (Å²) in [6.07, 6.45) is 2.79. The number of rotatable bonds is 8. The number of H-pyrrole nitrogens is 1. The molecule has 2 aromatic rings. The summed E-state index contributed by atoms with van der Waals surface area (Å²) in [4.78, 5) is 41.4. The van der Waals surface area contributed by atoms with Crippen LogP contribution in [0.4, 0.5) is 0 Å². The van der Waals surface area contributed by atoms with E-state index in [9.17, 15) is 19.5 Å². The summed E-state index contributed by atoms with van der Waals surface area (Å²) in [5.74, 6) is 0.200. The van der Waals surface area contributed by atoms with Crippen molar-refractivity contribution in [2.24, 2.45) is 11.8 Å². The molecule has 32 heavy (non-hydrogen) atoms. The van der Waals surface area contributed by atoms with Gasteiger partial charge in [0.2, 0.25) is 6.41 Å². The molecule has 3 heterocycles. The summed E-state index contributed by atoms with van der Waals surface area (Å²) in [6, 6.07) is 9.56. The summed E-state index contributed by atoms with van der Waals surface area (Å²) in [6.45, 7) is 5.06. The number of hydrogen-bond acceptors (Lipinski definition) is 5. The Balaban J connectivity index is 1.52. The van der Waals surface area contributed by atoms with Crippen LogP contribution in [0.1, 0.15) is 43.5 Å². The number of benzene rings is 1. The molecule has 172 valence electrons. The second-order valence-electron chi connectivity index (χ2n) is 9.41. The van der Waals surface area contributed by atoms with E-state index in [4.69, 9.17) is 0 Å². The molecule has 2 aliphatic rings. The number of amides is 2. The van der Waals surface area contributed by atoms with Crippen LogP contribution in [0.5, 0.6) is 0 Å². The quantitative estimate of drug-likeness (QED) is 0.461. The summed E-state index contributed by atoms with van der Waals surface area (Å²) >= 11 is 0. The molecule has 5 unspecified atom stereocenters. The lowest BCUT2D eigenvalue weighted by Gasteiger charge is -2.47. The van der Waals surface area contributed by atoms with Crippen molar-refractivity contribution in [2.75, 3.05) is 13.1 Å². The van der Waals surface area contributed by atoms with Crippen LogP contribution in [-0.4, -0.2) is 64.6 Å². The van der Waals surface area contributed by atoms with Crippen LogP contribution in [0.15, 0.2) is 35.1 Å². The Bertz CT molecular complexity index is 1040. The minimum absolute atomic E-state index is 0.0348. The third-order valence-corrected chi connectivity index (χ3v) is 7.07. The normalized spacial score (nSPS) is 26.2. The molecular weight excluding hydrogens is 408 g/mol. The Hall–Kier alpha value is -2.71. The van der Waals surface area contributed by atoms with Crippen LogP contribution in [0.2, 0.25) is 0 Å². The lowest BCUT2D eigenvalue weighted by atomic mass is 9.77. The summed E-state index contributed by atoms with van der Waals surface area (Å²) in [7, 11) is 0. The first-order valence-corrected chi connectivity index (χ1v) is 11.4. The largest absolute Gasteiger partial charge is 0.390 e. The SMILES string of the molecule is CC(C)C1C(NC(=O)c2cc3ccccc3[nH]c2=O)CC2CCC1N2CC(O)CNC=O. The van der Waals surface area contributed by atoms with Crippen molar-refractivity contribution < 1.29 is 14.7 Å². The molecule has 1 aromatic carbocycles. The molecule has 8 nitrogen and oxygen atoms in total. The van der Waals surface area contributed by atoms with E-state index < -0.39 is 6.10 Å². The number of carbonyl (C=O) groups is 2. The van der Waals surface area contributed by atoms with Crippen molar-refractivity contribution >= 4 is 23.2 Å². The lowest BCUT2D eigenvalue weighted by Crippen LogP contribution is -2.59. The zero-order valence-corrected chi connectivity index (χ0v) is 18.6. The number of piperidine rings is 1. The fraction of sp³-hybridized carbons (Fsp3) is 0.542. The summed E-state index contributed by atoms with van der Waals surface area (Å²) in [5.41, 5.74) is 0.466. The van der Waals surface area contributed by atoms with Crippen molar-refractivity contribution in [3.63, 3.8) is 0 Å². The van der Waals surface area contributed by atoms with Crippen LogP contribution in [0, 0.1) is 11.8 Å². The molecule has 2 amide bonds. The minimum Gasteiger partial charge on any atom is -0.390 e. The Kier molecular flexibility index (Phi) is 6.62. The van der Waals surface area contributed by atoms with Crippen LogP contribution in [0.3, 0.4) is 0 Å². The molecule has 5 atom stereocenters. The van der Waals surface area contributed by atoms with Crippen LogP contribution in [0.25, 0.3) is 10.9 Å². The number of fused-ring (bicyclic) bond motifs is 3. The topological polar surface area (TPSA) is 115 Å². The highest BCUT2D eigenvalue weighted by atomic mass is 16.3. The summed E-state index contributed by atoms with van der Waals surface area (Å²) in [5, 5.41) is 16.9. The second kappa shape index (κ2) is 9.42. The highest BCUT2D eigenvalue weighted by molar-refractivity contribution is 5.97. The third-order valence-electron chi connectivity index (χ3n) is 7.07. The molecular formula is C24H32N4O4. The second-order valence-corrected chi connectivity index (χ2v) is 9.41. The van der Waals surface area contributed by atoms with Crippen LogP contribution < -0.4 is 16.2 Å². The van der Waals surface area contributed by atoms with Crippen LogP contribution >= 0.6 is 0 Å². The van der Waals surface area contributed by atoms with Crippen molar-refractivity contribution in [3.8, 4) is 0 Å². The molecule has 2 saturated heterocycles. The van der Waals surface area contributed by atoms with E-state index >= 15 is 0 Å². The molecule has 2 aliphatic heterocycles. The van der Waals surface area contributed by atoms with E-state index in [-0.39, 0.29) is 47.6 Å². The van der Waals surface area contributed by atoms with Gasteiger partial charge in [0.25, 0.3) is 11.5 Å². The number of aromatic amines is 1. The highest BCUT2D eigenvalue weighted by Gasteiger charge is 2.48. The van der Waals surface area contributed by atoms with Crippen molar-refractivity contribution in [3.05, 3.63) is 46.2 Å². The molecule has 0 aliphatic carbocycles. The van der Waals surface area contributed by atoms with Gasteiger partial charge >= 0.3 is 0 Å². The van der Waals surface area contributed by atoms with Gasteiger partial charge in [-0.25, -0.2) is 0 Å². The van der Waals surface area contributed by atoms with Gasteiger partial charge < -0.3 is 20.7 Å². The van der Waals surface area contributed by atoms with Gasteiger partial charge in [-0.15, -0.1) is 0 Å². The molecule has 0 radical (unpaired) electrons. The van der Waals surface area contributed by atoms with Crippen molar-refractivity contribution in [2.45, 2.75) is 57.3 Å². The Morgan fingerprint density at radius 2 is 2.09 bits per heavy atom. The Morgan fingerprint density at radius 3 is 2.84 bits per heavy atom. The predicted molar refractivity (Wildman–Crippen MR) is 122 cm³/mol. The Labute approximate surface area is 187 Å². The van der Waals surface area contributed by atoms with Gasteiger partial charge in [0, 0.05) is 36.7 Å². The standard InChI is InChI=1S/C24H32N4O4/c1-14(2)22-20(10-16-7-8-21(22)28(16)12-17(30)11-25-13-29)27-24(32)18-9-15-5-3-4-6-19(15)26-23(18)31/h3-6,9,13-14,16-17,20-22,30H,7-8,10-12H2,1-2H3,(H,25,29)(H,26,31)(H,27,32). The van der Waals surface area contributed by atoms with Crippen molar-refractivity contribution in [1.82, 2.24) is 20.5 Å². The fourth-order valence-corrected chi connectivity index (χ4v) is 5.75. The van der Waals surface area contributed by atoms with Gasteiger partial charge in [-0.3, -0.25) is 19.3 Å². The average molecular weight is 441 g/mol. The molecule has 2 fully saturated rings. The number of para-hydroxylation sites is 1. The zero-order chi connectivity index (χ0) is 22.8. The van der Waals surface area contributed by atoms with E-state index in [2.05, 4.69) is 34.4 Å². The van der Waals surface area contributed by atoms with E-state index in [0.29, 0.717) is 24.4 Å². The van der Waals surface area contributed by atoms with Gasteiger partial charge in [0.15, 0.2) is 0 Å². The number of nitrogens with zero attached hydrogens (tertiary/aromatic N) is 1. The van der Waals surface area contributed by atoms with E-state index in [1.165, 1.54) is 0 Å². The Morgan fingerprint density at radius 1 is 1.31 bits per heavy atom. The molecule has 4 rings (SSSR count). The maximum Gasteiger partial charge on any atom is 0.261 e. The molecule has 2 bridgehead atoms. The van der Waals surface area contributed by atoms with E-state index in [0.717, 1.165) is 24.6 Å². The van der Waals surface area contributed by atoms with Gasteiger partial charge in [-0.1, -0.05) is 32.0 Å². The van der Waals surface area contributed by atoms with Gasteiger partial charge in [-0.2, -0.15) is 0 Å². The van der Waals surface area contributed by atoms with Crippen molar-refractivity contribution in [1.29, 1.82) is 0 Å². The predicted octanol–water partition coefficient (Wildman–Crippen LogP) is 1.24. The number of aromatic nitrogens is 1. The number of pyridine rings is 1. The first kappa shape index (κ1) is 22.5. The number of aliphatic hydroxyl groups excluding tert-OH is 1. The summed E-state index contributed by atoms with van der Waals surface area (Å²) < 4.78 is 0. The average Bonchev–Trinajstić information content (AvgIpc) is 3.01. The third kappa shape index (κ3) is 4.42. The van der Waals surface area contributed by atoms with Crippen LogP contribution in [-0.2, 0) is 4.79 Å². The zero-order valence-electron chi connectivity index (χ0n) is 18.6. The molecule has 8 heteroatoms. The van der Waals surface area contributed by atoms with Gasteiger partial charge in [0.1, 0.15) is 5.56 Å². The maximum absolute atomic E-state index is 13.1. The molecule has 0 saturated carbocycles. The first-order valence-electron chi connectivity index (χ1n) is 11.4. The van der Waals surface area contributed by atoms with Gasteiger partial charge in [0.05, 0.1) is 6.10 Å². The number of nitrogens with one attached hydrogen (secondary N) is 3. The minimum atomic E-state index is -0.626. The fourth-order valence-electron chi connectivity index (χ4n) is 5.75. The first-order chi connectivity index (χ1) is 15.4. The van der Waals surface area contributed by atoms with E-state index in [1.54, 1.807) is 6.07 Å². The molecule has 0 spiro atoms. The maximum atomic E-state index is 13.1. The van der Waals surface area contributed by atoms with E-state index in [1.807, 2.05) is 24.3 Å². The number of carbonyl (C=O) groups excluding carboxylic acids is 2. The molecule has 1 aromatic heterocycles. The molecule has 4 N–H and O–H groups in total. The number of aliphatic hydroxyl groups is 1. The lowest BCUT2D eigenvalue weighted by molar-refractivity contribution is -0.110. The monoisotopic (exact) mass is 440 g/mol. The smallest absolute Gasteiger partial charge is 0.261 e. The number of hydrogen-bond donors (Lipinski definition) is 4. The highest BCUT2D eigenvalue weighted by Crippen LogP contribution is 2.42. The van der Waals surface area contributed by atoms with Gasteiger partial charge in [-0.05, 0) is 48.6 Å².